The Morgan fingerprint density at radius 3 is 2.04 bits per heavy atom. The van der Waals surface area contributed by atoms with Crippen LogP contribution < -0.4 is 0 Å². The van der Waals surface area contributed by atoms with Gasteiger partial charge in [0.15, 0.2) is 12.6 Å². The number of nitrogens with zero attached hydrogens (tertiary/aromatic N) is 1. The minimum Gasteiger partial charge on any atom is -0.459 e. The number of hydrogen-bond donors (Lipinski definition) is 5. The molecule has 0 saturated carbocycles. The molecule has 3 saturated heterocycles. The topological polar surface area (TPSA) is 194 Å². The zero-order chi connectivity index (χ0) is 39.0. The largest absolute Gasteiger partial charge is 0.459 e. The number of hydrogen-bond acceptors (Lipinski definition) is 14. The number of carbonyl (C=O) groups excluding carboxylic acids is 2. The molecule has 51 heavy (non-hydrogen) atoms. The molecule has 5 N–H and O–H groups in total. The first kappa shape index (κ1) is 44.1. The first-order valence-corrected chi connectivity index (χ1v) is 18.5. The van der Waals surface area contributed by atoms with E-state index in [2.05, 4.69) is 0 Å². The predicted molar refractivity (Wildman–Crippen MR) is 186 cm³/mol. The van der Waals surface area contributed by atoms with Crippen LogP contribution in [-0.2, 0) is 38.0 Å². The summed E-state index contributed by atoms with van der Waals surface area (Å²) in [6.07, 6.45) is -9.71. The molecule has 3 aliphatic heterocycles. The van der Waals surface area contributed by atoms with Gasteiger partial charge < -0.3 is 58.9 Å². The Balaban J connectivity index is 2.18. The van der Waals surface area contributed by atoms with E-state index in [0.717, 1.165) is 0 Å². The van der Waals surface area contributed by atoms with Gasteiger partial charge in [0.05, 0.1) is 47.6 Å². The minimum atomic E-state index is -1.99. The van der Waals surface area contributed by atoms with Crippen LogP contribution in [0.15, 0.2) is 0 Å². The number of Topliss-reactive ketones (excluding diaryl/α,β-unsaturated/α-hetero) is 1. The second-order valence-corrected chi connectivity index (χ2v) is 16.5. The van der Waals surface area contributed by atoms with Crippen LogP contribution >= 0.6 is 0 Å². The van der Waals surface area contributed by atoms with Crippen molar-refractivity contribution < 1.29 is 63.5 Å². The van der Waals surface area contributed by atoms with E-state index in [0.29, 0.717) is 6.42 Å². The van der Waals surface area contributed by atoms with Gasteiger partial charge in [0.25, 0.3) is 0 Å². The van der Waals surface area contributed by atoms with E-state index in [1.165, 1.54) is 27.9 Å². The van der Waals surface area contributed by atoms with Crippen LogP contribution in [0, 0.1) is 23.7 Å². The molecule has 3 rings (SSSR count). The number of carbonyl (C=O) groups is 2. The third kappa shape index (κ3) is 9.51. The Bertz CT molecular complexity index is 1170. The van der Waals surface area contributed by atoms with Crippen molar-refractivity contribution in [3.8, 4) is 0 Å². The predicted octanol–water partition coefficient (Wildman–Crippen LogP) is 1.79. The van der Waals surface area contributed by atoms with Gasteiger partial charge in [-0.1, -0.05) is 27.7 Å². The standard InChI is InChI=1S/C37H67NO13/c1-14-25-37(10,45)30(41)20(4)27(39)18(2)16-35(8,44)32(51-34-28(40)24(38(11)12)15-19(3)47-34)21(5)29(22(6)33(43)49-25)50-26-17-36(9,46-13)31(42)23(7)48-26/h18-26,28-32,34,40-42,44-45H,14-17H2,1-13H3/t18?,19-,20?,21+,22-,23+,24?,25-,26?,28?,29?,30?,31?,32?,34?,35?,36?,37?/m1/s1. The van der Waals surface area contributed by atoms with Gasteiger partial charge in [-0.25, -0.2) is 0 Å². The molecule has 3 aliphatic rings. The van der Waals surface area contributed by atoms with Crippen LogP contribution in [0.4, 0.5) is 0 Å². The zero-order valence-corrected chi connectivity index (χ0v) is 32.9. The van der Waals surface area contributed by atoms with Crippen molar-refractivity contribution >= 4 is 11.8 Å². The van der Waals surface area contributed by atoms with Crippen molar-refractivity contribution in [3.05, 3.63) is 0 Å². The highest BCUT2D eigenvalue weighted by molar-refractivity contribution is 5.83. The van der Waals surface area contributed by atoms with Gasteiger partial charge in [0, 0.05) is 37.3 Å². The third-order valence-corrected chi connectivity index (χ3v) is 11.8. The summed E-state index contributed by atoms with van der Waals surface area (Å²) in [5.74, 6) is -4.98. The Kier molecular flexibility index (Phi) is 14.7. The van der Waals surface area contributed by atoms with Gasteiger partial charge >= 0.3 is 5.97 Å². The maximum Gasteiger partial charge on any atom is 0.311 e. The molecule has 14 nitrogen and oxygen atoms in total. The summed E-state index contributed by atoms with van der Waals surface area (Å²) in [6, 6.07) is -0.324. The lowest BCUT2D eigenvalue weighted by molar-refractivity contribution is -0.318. The molecule has 0 spiro atoms. The van der Waals surface area contributed by atoms with Crippen LogP contribution in [0.25, 0.3) is 0 Å². The summed E-state index contributed by atoms with van der Waals surface area (Å²) >= 11 is 0. The SMILES string of the molecule is CC[C@H]1OC(=O)[C@H](C)C(OC2CC(C)(OC)C(O)[C@H](C)O2)[C@H](C)C(OC2O[C@H](C)CC(N(C)C)C2O)C(C)(O)CC(C)C(=O)C(C)C(O)C1(C)O. The number of esters is 1. The van der Waals surface area contributed by atoms with Crippen molar-refractivity contribution in [2.24, 2.45) is 23.7 Å². The molecule has 0 aromatic rings. The molecule has 0 amide bonds. The van der Waals surface area contributed by atoms with Gasteiger partial charge in [-0.05, 0) is 74.9 Å². The Labute approximate surface area is 304 Å². The Hall–Kier alpha value is -1.30. The number of aliphatic hydroxyl groups excluding tert-OH is 3. The fourth-order valence-electron chi connectivity index (χ4n) is 8.41. The number of ketones is 1. The Morgan fingerprint density at radius 2 is 1.49 bits per heavy atom. The lowest BCUT2D eigenvalue weighted by atomic mass is 9.74. The van der Waals surface area contributed by atoms with Crippen LogP contribution in [0.3, 0.4) is 0 Å². The molecule has 0 aromatic carbocycles. The molecule has 18 atom stereocenters. The van der Waals surface area contributed by atoms with Gasteiger partial charge in [-0.3, -0.25) is 9.59 Å². The number of likely N-dealkylation sites (N-methyl/N-ethyl adjacent to an activating group) is 1. The van der Waals surface area contributed by atoms with Crippen molar-refractivity contribution in [2.45, 2.75) is 179 Å². The fourth-order valence-corrected chi connectivity index (χ4v) is 8.41. The number of ether oxygens (including phenoxy) is 6. The van der Waals surface area contributed by atoms with E-state index >= 15 is 0 Å². The number of rotatable bonds is 7. The van der Waals surface area contributed by atoms with E-state index in [4.69, 9.17) is 28.4 Å². The summed E-state index contributed by atoms with van der Waals surface area (Å²) in [4.78, 5) is 29.8. The van der Waals surface area contributed by atoms with Gasteiger partial charge in [-0.15, -0.1) is 0 Å². The molecule has 298 valence electrons. The molecule has 3 fully saturated rings. The van der Waals surface area contributed by atoms with Gasteiger partial charge in [-0.2, -0.15) is 0 Å². The second-order valence-electron chi connectivity index (χ2n) is 16.5. The highest BCUT2D eigenvalue weighted by atomic mass is 16.7. The summed E-state index contributed by atoms with van der Waals surface area (Å²) in [7, 11) is 5.18. The smallest absolute Gasteiger partial charge is 0.311 e. The van der Waals surface area contributed by atoms with Crippen LogP contribution in [0.5, 0.6) is 0 Å². The normalized spacial score (nSPS) is 49.7. The molecule has 14 heteroatoms. The fraction of sp³-hybridized carbons (Fsp3) is 0.946. The van der Waals surface area contributed by atoms with E-state index in [9.17, 15) is 35.1 Å². The van der Waals surface area contributed by atoms with Crippen molar-refractivity contribution in [3.63, 3.8) is 0 Å². The van der Waals surface area contributed by atoms with E-state index in [-0.39, 0.29) is 31.4 Å². The lowest BCUT2D eigenvalue weighted by Crippen LogP contribution is -2.61. The van der Waals surface area contributed by atoms with Gasteiger partial charge in [0.1, 0.15) is 29.7 Å². The first-order chi connectivity index (χ1) is 23.4. The average molecular weight is 734 g/mol. The van der Waals surface area contributed by atoms with E-state index < -0.39 is 108 Å². The highest BCUT2D eigenvalue weighted by Gasteiger charge is 2.53. The maximum absolute atomic E-state index is 14.1. The van der Waals surface area contributed by atoms with Gasteiger partial charge in [0.2, 0.25) is 0 Å². The van der Waals surface area contributed by atoms with Crippen molar-refractivity contribution in [1.82, 2.24) is 4.90 Å². The molecule has 0 bridgehead atoms. The first-order valence-electron chi connectivity index (χ1n) is 18.5. The summed E-state index contributed by atoms with van der Waals surface area (Å²) < 4.78 is 37.1. The Morgan fingerprint density at radius 1 is 0.882 bits per heavy atom. The molecule has 0 aromatic heterocycles. The second kappa shape index (κ2) is 17.0. The molecule has 0 radical (unpaired) electrons. The van der Waals surface area contributed by atoms with E-state index in [1.807, 2.05) is 25.9 Å². The molecule has 13 unspecified atom stereocenters. The summed E-state index contributed by atoms with van der Waals surface area (Å²) in [5.41, 5.74) is -4.84. The zero-order valence-electron chi connectivity index (χ0n) is 32.9. The molecule has 3 heterocycles. The molecular weight excluding hydrogens is 666 g/mol. The summed E-state index contributed by atoms with van der Waals surface area (Å²) in [5, 5.41) is 57.6. The molecular formula is C37H67NO13. The maximum atomic E-state index is 14.1. The van der Waals surface area contributed by atoms with E-state index in [1.54, 1.807) is 41.5 Å². The third-order valence-electron chi connectivity index (χ3n) is 11.8. The number of cyclic esters (lactones) is 1. The summed E-state index contributed by atoms with van der Waals surface area (Å²) in [6.45, 7) is 16.3. The lowest BCUT2D eigenvalue weighted by Gasteiger charge is -2.49. The average Bonchev–Trinajstić information content (AvgIpc) is 3.05. The number of methoxy groups -OCH3 is 1. The monoisotopic (exact) mass is 733 g/mol. The molecule has 0 aliphatic carbocycles. The van der Waals surface area contributed by atoms with Crippen LogP contribution in [0.1, 0.15) is 94.9 Å². The van der Waals surface area contributed by atoms with Crippen LogP contribution in [0.2, 0.25) is 0 Å². The van der Waals surface area contributed by atoms with Crippen molar-refractivity contribution in [1.29, 1.82) is 0 Å². The number of aliphatic hydroxyl groups is 5. The minimum absolute atomic E-state index is 0.0936. The van der Waals surface area contributed by atoms with Crippen molar-refractivity contribution in [2.75, 3.05) is 21.2 Å². The highest BCUT2D eigenvalue weighted by Crippen LogP contribution is 2.40. The quantitative estimate of drug-likeness (QED) is 0.238. The van der Waals surface area contributed by atoms with Crippen LogP contribution in [-0.4, -0.2) is 148 Å².